The van der Waals surface area contributed by atoms with E-state index in [0.717, 1.165) is 24.0 Å². The summed E-state index contributed by atoms with van der Waals surface area (Å²) in [5.41, 5.74) is 4.81. The van der Waals surface area contributed by atoms with Gasteiger partial charge in [0.2, 0.25) is 0 Å². The molecule has 2 aromatic carbocycles. The summed E-state index contributed by atoms with van der Waals surface area (Å²) >= 11 is 0. The molecular weight excluding hydrogens is 486 g/mol. The van der Waals surface area contributed by atoms with Crippen molar-refractivity contribution in [1.29, 1.82) is 15.8 Å². The van der Waals surface area contributed by atoms with Gasteiger partial charge in [-0.2, -0.15) is 15.8 Å². The Morgan fingerprint density at radius 1 is 1.10 bits per heavy atom. The molecule has 0 amide bonds. The maximum absolute atomic E-state index is 9.90. The summed E-state index contributed by atoms with van der Waals surface area (Å²) in [7, 11) is 0. The predicted molar refractivity (Wildman–Crippen MR) is 149 cm³/mol. The number of hydrogen-bond donors (Lipinski definition) is 2. The van der Waals surface area contributed by atoms with Crippen molar-refractivity contribution in [3.8, 4) is 18.2 Å². The van der Waals surface area contributed by atoms with Crippen LogP contribution in [0, 0.1) is 46.3 Å². The molecule has 0 bridgehead atoms. The first-order valence-corrected chi connectivity index (χ1v) is 12.8. The Morgan fingerprint density at radius 2 is 1.87 bits per heavy atom. The van der Waals surface area contributed by atoms with Crippen LogP contribution < -0.4 is 10.6 Å². The lowest BCUT2D eigenvalue weighted by Gasteiger charge is -2.23. The second-order valence-corrected chi connectivity index (χ2v) is 11.3. The third kappa shape index (κ3) is 4.98. The average Bonchev–Trinajstić information content (AvgIpc) is 3.57. The van der Waals surface area contributed by atoms with Crippen LogP contribution in [0.2, 0.25) is 0 Å². The summed E-state index contributed by atoms with van der Waals surface area (Å²) in [5.74, 6) is 0. The number of aromatic nitrogens is 4. The van der Waals surface area contributed by atoms with E-state index in [-0.39, 0.29) is 5.41 Å². The normalized spacial score (nSPS) is 14.6. The molecule has 1 atom stereocenters. The number of nitrogens with one attached hydrogen (secondary N) is 2. The predicted octanol–water partition coefficient (Wildman–Crippen LogP) is 5.55. The van der Waals surface area contributed by atoms with Crippen LogP contribution in [0.25, 0.3) is 10.9 Å². The lowest BCUT2D eigenvalue weighted by Crippen LogP contribution is -2.20. The summed E-state index contributed by atoms with van der Waals surface area (Å²) in [6, 6.07) is 18.0. The number of rotatable bonds is 7. The maximum atomic E-state index is 9.90. The summed E-state index contributed by atoms with van der Waals surface area (Å²) in [6.07, 6.45) is 4.89. The van der Waals surface area contributed by atoms with E-state index in [2.05, 4.69) is 64.9 Å². The van der Waals surface area contributed by atoms with Crippen molar-refractivity contribution in [1.82, 2.24) is 20.0 Å². The molecule has 1 aliphatic rings. The topological polar surface area (TPSA) is 139 Å². The van der Waals surface area contributed by atoms with Gasteiger partial charge in [0.1, 0.15) is 11.8 Å². The lowest BCUT2D eigenvalue weighted by atomic mass is 9.96. The fourth-order valence-electron chi connectivity index (χ4n) is 4.61. The van der Waals surface area contributed by atoms with Gasteiger partial charge in [0.25, 0.3) is 0 Å². The van der Waals surface area contributed by atoms with Crippen LogP contribution in [0.1, 0.15) is 67.6 Å². The number of nitriles is 3. The molecule has 0 radical (unpaired) electrons. The molecule has 0 spiro atoms. The van der Waals surface area contributed by atoms with Gasteiger partial charge in [0, 0.05) is 18.1 Å². The summed E-state index contributed by atoms with van der Waals surface area (Å²) in [4.78, 5) is 4.64. The number of hydrogen-bond acceptors (Lipinski definition) is 8. The van der Waals surface area contributed by atoms with Crippen LogP contribution in [0.15, 0.2) is 48.8 Å². The molecular formula is C30H29N9. The Hall–Kier alpha value is -4.94. The zero-order valence-electron chi connectivity index (χ0n) is 22.4. The molecule has 9 nitrogen and oxygen atoms in total. The minimum atomic E-state index is -0.627. The first-order valence-electron chi connectivity index (χ1n) is 12.8. The van der Waals surface area contributed by atoms with Crippen LogP contribution in [0.5, 0.6) is 0 Å². The standard InChI is InChI=1S/C30H29N9/c1-19-7-5-6-8-22(19)28(25-16-39(38-37-25)30(17-33)9-10-30)36-24-12-20(13-31)11-23-26(35-18-29(2,3)4)21(14-32)15-34-27(23)24/h5-8,11-12,15-16,28,36H,9-10,18H2,1-4H3,(H,34,35)/t28-/m0/s1. The maximum Gasteiger partial charge on any atom is 0.150 e. The molecule has 4 aromatic rings. The van der Waals surface area contributed by atoms with E-state index in [1.54, 1.807) is 23.0 Å². The number of fused-ring (bicyclic) bond motifs is 1. The zero-order valence-corrected chi connectivity index (χ0v) is 22.4. The third-order valence-corrected chi connectivity index (χ3v) is 6.99. The van der Waals surface area contributed by atoms with E-state index in [4.69, 9.17) is 0 Å². The monoisotopic (exact) mass is 515 g/mol. The molecule has 0 saturated heterocycles. The molecule has 2 aromatic heterocycles. The molecule has 2 N–H and O–H groups in total. The second kappa shape index (κ2) is 9.74. The van der Waals surface area contributed by atoms with Crippen LogP contribution in [0.4, 0.5) is 11.4 Å². The fraction of sp³-hybridized carbons (Fsp3) is 0.333. The second-order valence-electron chi connectivity index (χ2n) is 11.3. The van der Waals surface area contributed by atoms with E-state index < -0.39 is 11.6 Å². The largest absolute Gasteiger partial charge is 0.383 e. The molecule has 194 valence electrons. The van der Waals surface area contributed by atoms with Gasteiger partial charge in [-0.1, -0.05) is 50.3 Å². The third-order valence-electron chi connectivity index (χ3n) is 6.99. The van der Waals surface area contributed by atoms with E-state index in [9.17, 15) is 15.8 Å². The highest BCUT2D eigenvalue weighted by atomic mass is 15.5. The van der Waals surface area contributed by atoms with E-state index in [1.165, 1.54) is 0 Å². The Labute approximate surface area is 227 Å². The minimum Gasteiger partial charge on any atom is -0.383 e. The lowest BCUT2D eigenvalue weighted by molar-refractivity contribution is 0.443. The highest BCUT2D eigenvalue weighted by Crippen LogP contribution is 2.43. The van der Waals surface area contributed by atoms with Crippen LogP contribution in [-0.4, -0.2) is 26.5 Å². The van der Waals surface area contributed by atoms with Gasteiger partial charge >= 0.3 is 0 Å². The van der Waals surface area contributed by atoms with Crippen molar-refractivity contribution in [3.63, 3.8) is 0 Å². The molecule has 0 unspecified atom stereocenters. The number of anilines is 2. The fourth-order valence-corrected chi connectivity index (χ4v) is 4.61. The summed E-state index contributed by atoms with van der Waals surface area (Å²) in [5, 5.41) is 45.9. The van der Waals surface area contributed by atoms with E-state index in [1.807, 2.05) is 37.4 Å². The molecule has 1 saturated carbocycles. The SMILES string of the molecule is Cc1ccccc1[C@H](Nc1cc(C#N)cc2c(NCC(C)(C)C)c(C#N)cnc12)c1cn(C2(C#N)CC2)nn1. The Morgan fingerprint density at radius 3 is 2.51 bits per heavy atom. The van der Waals surface area contributed by atoms with Crippen molar-refractivity contribution in [2.45, 2.75) is 52.1 Å². The zero-order chi connectivity index (χ0) is 27.8. The van der Waals surface area contributed by atoms with Gasteiger partial charge in [-0.3, -0.25) is 4.98 Å². The summed E-state index contributed by atoms with van der Waals surface area (Å²) in [6.45, 7) is 9.00. The smallest absolute Gasteiger partial charge is 0.150 e. The van der Waals surface area contributed by atoms with Crippen molar-refractivity contribution in [2.24, 2.45) is 5.41 Å². The van der Waals surface area contributed by atoms with Gasteiger partial charge < -0.3 is 10.6 Å². The van der Waals surface area contributed by atoms with Crippen molar-refractivity contribution >= 4 is 22.3 Å². The number of benzene rings is 2. The molecule has 39 heavy (non-hydrogen) atoms. The molecule has 2 heterocycles. The van der Waals surface area contributed by atoms with Crippen molar-refractivity contribution < 1.29 is 0 Å². The number of aryl methyl sites for hydroxylation is 1. The first kappa shape index (κ1) is 25.7. The number of pyridine rings is 1. The highest BCUT2D eigenvalue weighted by molar-refractivity contribution is 6.01. The quantitative estimate of drug-likeness (QED) is 0.326. The van der Waals surface area contributed by atoms with Crippen LogP contribution >= 0.6 is 0 Å². The number of nitrogens with zero attached hydrogens (tertiary/aromatic N) is 7. The minimum absolute atomic E-state index is 0.0274. The molecule has 1 aliphatic carbocycles. The van der Waals surface area contributed by atoms with E-state index >= 15 is 0 Å². The molecule has 5 rings (SSSR count). The van der Waals surface area contributed by atoms with Gasteiger partial charge in [-0.05, 0) is 48.4 Å². The Kier molecular flexibility index (Phi) is 6.42. The van der Waals surface area contributed by atoms with Crippen LogP contribution in [0.3, 0.4) is 0 Å². The molecule has 1 fully saturated rings. The van der Waals surface area contributed by atoms with Crippen molar-refractivity contribution in [2.75, 3.05) is 17.2 Å². The highest BCUT2D eigenvalue weighted by Gasteiger charge is 2.47. The van der Waals surface area contributed by atoms with Crippen LogP contribution in [-0.2, 0) is 5.54 Å². The summed E-state index contributed by atoms with van der Waals surface area (Å²) < 4.78 is 1.66. The van der Waals surface area contributed by atoms with Gasteiger partial charge in [-0.15, -0.1) is 5.10 Å². The van der Waals surface area contributed by atoms with Gasteiger partial charge in [0.05, 0.1) is 52.4 Å². The van der Waals surface area contributed by atoms with Gasteiger partial charge in [-0.25, -0.2) is 4.68 Å². The molecule has 9 heteroatoms. The first-order chi connectivity index (χ1) is 18.7. The van der Waals surface area contributed by atoms with Gasteiger partial charge in [0.15, 0.2) is 5.54 Å². The Balaban J connectivity index is 1.65. The van der Waals surface area contributed by atoms with Crippen molar-refractivity contribution in [3.05, 3.63) is 76.7 Å². The Bertz CT molecular complexity index is 1680. The van der Waals surface area contributed by atoms with E-state index in [0.29, 0.717) is 45.6 Å². The molecule has 0 aliphatic heterocycles. The average molecular weight is 516 g/mol.